The summed E-state index contributed by atoms with van der Waals surface area (Å²) in [5, 5.41) is 12.4. The van der Waals surface area contributed by atoms with Gasteiger partial charge in [-0.3, -0.25) is 14.5 Å². The van der Waals surface area contributed by atoms with Crippen LogP contribution in [0.4, 0.5) is 0 Å². The van der Waals surface area contributed by atoms with Gasteiger partial charge in [0.15, 0.2) is 0 Å². The summed E-state index contributed by atoms with van der Waals surface area (Å²) in [7, 11) is 1.67. The Morgan fingerprint density at radius 2 is 2.00 bits per heavy atom. The van der Waals surface area contributed by atoms with Gasteiger partial charge in [-0.15, -0.1) is 6.58 Å². The van der Waals surface area contributed by atoms with Gasteiger partial charge in [0.25, 0.3) is 5.91 Å². The van der Waals surface area contributed by atoms with E-state index >= 15 is 0 Å². The Balaban J connectivity index is 2.06. The first-order chi connectivity index (χ1) is 14.8. The zero-order chi connectivity index (χ0) is 23.0. The fourth-order valence-corrected chi connectivity index (χ4v) is 3.96. The summed E-state index contributed by atoms with van der Waals surface area (Å²) >= 11 is 0. The number of rotatable bonds is 9. The van der Waals surface area contributed by atoms with Crippen molar-refractivity contribution in [2.24, 2.45) is 0 Å². The number of nitrogens with zero attached hydrogens (tertiary/aromatic N) is 4. The molecule has 0 saturated carbocycles. The molecule has 2 heterocycles. The molecule has 1 aliphatic heterocycles. The number of hydrogen-bond donors (Lipinski definition) is 1. The Morgan fingerprint density at radius 1 is 1.32 bits per heavy atom. The van der Waals surface area contributed by atoms with Crippen molar-refractivity contribution in [3.8, 4) is 6.07 Å². The Labute approximate surface area is 184 Å². The number of carbonyl (C=O) groups is 2. The van der Waals surface area contributed by atoms with E-state index in [4.69, 9.17) is 4.74 Å². The number of hydrogen-bond acceptors (Lipinski definition) is 5. The SMILES string of the molecule is C=CCNC(=O)CN1CCN(C(=O)/C(C#N)=C\c2cc(C)n(C(C)COC)c2C)CC1. The van der Waals surface area contributed by atoms with Gasteiger partial charge in [-0.2, -0.15) is 5.26 Å². The predicted molar refractivity (Wildman–Crippen MR) is 120 cm³/mol. The topological polar surface area (TPSA) is 90.6 Å². The molecule has 2 rings (SSSR count). The van der Waals surface area contributed by atoms with Crippen molar-refractivity contribution in [1.82, 2.24) is 19.7 Å². The maximum atomic E-state index is 12.9. The number of amides is 2. The monoisotopic (exact) mass is 427 g/mol. The first-order valence-corrected chi connectivity index (χ1v) is 10.5. The maximum absolute atomic E-state index is 12.9. The highest BCUT2D eigenvalue weighted by molar-refractivity contribution is 6.01. The molecule has 0 aliphatic carbocycles. The molecule has 0 aromatic carbocycles. The molecule has 8 nitrogen and oxygen atoms in total. The second-order valence-corrected chi connectivity index (χ2v) is 7.83. The molecule has 0 spiro atoms. The van der Waals surface area contributed by atoms with Gasteiger partial charge in [0.2, 0.25) is 5.91 Å². The zero-order valence-corrected chi connectivity index (χ0v) is 19.0. The first-order valence-electron chi connectivity index (χ1n) is 10.5. The van der Waals surface area contributed by atoms with Crippen LogP contribution < -0.4 is 5.32 Å². The van der Waals surface area contributed by atoms with E-state index in [1.54, 1.807) is 24.2 Å². The van der Waals surface area contributed by atoms with E-state index < -0.39 is 0 Å². The third kappa shape index (κ3) is 6.29. The molecular formula is C23H33N5O3. The summed E-state index contributed by atoms with van der Waals surface area (Å²) in [5.74, 6) is -0.330. The van der Waals surface area contributed by atoms with E-state index in [1.165, 1.54) is 0 Å². The van der Waals surface area contributed by atoms with Crippen LogP contribution in [-0.4, -0.2) is 79.2 Å². The van der Waals surface area contributed by atoms with E-state index in [-0.39, 0.29) is 23.4 Å². The average Bonchev–Trinajstić information content (AvgIpc) is 3.03. The van der Waals surface area contributed by atoms with Gasteiger partial charge in [-0.25, -0.2) is 0 Å². The van der Waals surface area contributed by atoms with Crippen LogP contribution in [0.3, 0.4) is 0 Å². The van der Waals surface area contributed by atoms with Gasteiger partial charge >= 0.3 is 0 Å². The van der Waals surface area contributed by atoms with Crippen molar-refractivity contribution in [3.63, 3.8) is 0 Å². The van der Waals surface area contributed by atoms with Gasteiger partial charge in [-0.05, 0) is 38.5 Å². The van der Waals surface area contributed by atoms with Crippen LogP contribution in [0.2, 0.25) is 0 Å². The molecule has 1 aromatic heterocycles. The van der Waals surface area contributed by atoms with Gasteiger partial charge in [0.1, 0.15) is 11.6 Å². The minimum atomic E-state index is -0.270. The minimum Gasteiger partial charge on any atom is -0.383 e. The van der Waals surface area contributed by atoms with Crippen LogP contribution in [0.1, 0.15) is 29.9 Å². The summed E-state index contributed by atoms with van der Waals surface area (Å²) < 4.78 is 7.42. The highest BCUT2D eigenvalue weighted by Crippen LogP contribution is 2.23. The lowest BCUT2D eigenvalue weighted by Crippen LogP contribution is -2.51. The standard InChI is InChI=1S/C23H33N5O3/c1-6-7-25-22(29)15-26-8-10-27(11-9-26)23(30)21(14-24)13-20-12-17(2)28(19(20)4)18(3)16-31-5/h6,12-13,18H,1,7-11,15-16H2,2-5H3,(H,25,29)/b21-13-. The van der Waals surface area contributed by atoms with Crippen LogP contribution in [0.5, 0.6) is 0 Å². The second kappa shape index (κ2) is 11.5. The smallest absolute Gasteiger partial charge is 0.264 e. The van der Waals surface area contributed by atoms with E-state index in [0.717, 1.165) is 17.0 Å². The number of ether oxygens (including phenoxy) is 1. The summed E-state index contributed by atoms with van der Waals surface area (Å²) in [6, 6.07) is 4.22. The largest absolute Gasteiger partial charge is 0.383 e. The molecule has 0 radical (unpaired) electrons. The third-order valence-corrected chi connectivity index (χ3v) is 5.49. The van der Waals surface area contributed by atoms with Crippen molar-refractivity contribution >= 4 is 17.9 Å². The third-order valence-electron chi connectivity index (χ3n) is 5.49. The van der Waals surface area contributed by atoms with Gasteiger partial charge < -0.3 is 19.5 Å². The summed E-state index contributed by atoms with van der Waals surface area (Å²) in [6.07, 6.45) is 3.32. The minimum absolute atomic E-state index is 0.0599. The summed E-state index contributed by atoms with van der Waals surface area (Å²) in [5.41, 5.74) is 3.04. The van der Waals surface area contributed by atoms with E-state index in [2.05, 4.69) is 29.5 Å². The number of aryl methyl sites for hydroxylation is 1. The number of nitrogens with one attached hydrogen (secondary N) is 1. The molecule has 1 atom stereocenters. The number of carbonyl (C=O) groups excluding carboxylic acids is 2. The van der Waals surface area contributed by atoms with Gasteiger partial charge in [0, 0.05) is 51.2 Å². The normalized spacial score (nSPS) is 16.0. The number of piperazine rings is 1. The molecule has 1 saturated heterocycles. The Kier molecular flexibility index (Phi) is 9.03. The molecule has 1 aliphatic rings. The van der Waals surface area contributed by atoms with Crippen LogP contribution in [0.15, 0.2) is 24.3 Å². The van der Waals surface area contributed by atoms with E-state index in [9.17, 15) is 14.9 Å². The van der Waals surface area contributed by atoms with E-state index in [1.807, 2.05) is 24.8 Å². The number of nitriles is 1. The lowest BCUT2D eigenvalue weighted by atomic mass is 10.1. The van der Waals surface area contributed by atoms with Crippen LogP contribution in [0, 0.1) is 25.2 Å². The molecule has 1 fully saturated rings. The number of aromatic nitrogens is 1. The van der Waals surface area contributed by atoms with Crippen LogP contribution >= 0.6 is 0 Å². The van der Waals surface area contributed by atoms with Crippen molar-refractivity contribution in [1.29, 1.82) is 5.26 Å². The van der Waals surface area contributed by atoms with E-state index in [0.29, 0.717) is 45.9 Å². The fourth-order valence-electron chi connectivity index (χ4n) is 3.96. The molecule has 0 bridgehead atoms. The fraction of sp³-hybridized carbons (Fsp3) is 0.522. The predicted octanol–water partition coefficient (Wildman–Crippen LogP) is 1.67. The van der Waals surface area contributed by atoms with Crippen LogP contribution in [0.25, 0.3) is 6.08 Å². The molecule has 1 unspecified atom stereocenters. The lowest BCUT2D eigenvalue weighted by molar-refractivity contribution is -0.128. The maximum Gasteiger partial charge on any atom is 0.264 e. The molecule has 1 N–H and O–H groups in total. The van der Waals surface area contributed by atoms with Crippen molar-refractivity contribution in [3.05, 3.63) is 41.2 Å². The van der Waals surface area contributed by atoms with Crippen LogP contribution in [-0.2, 0) is 14.3 Å². The number of methoxy groups -OCH3 is 1. The molecule has 31 heavy (non-hydrogen) atoms. The molecular weight excluding hydrogens is 394 g/mol. The first kappa shape index (κ1) is 24.4. The molecule has 1 aromatic rings. The zero-order valence-electron chi connectivity index (χ0n) is 19.0. The lowest BCUT2D eigenvalue weighted by Gasteiger charge is -2.34. The van der Waals surface area contributed by atoms with Gasteiger partial charge in [0.05, 0.1) is 19.2 Å². The van der Waals surface area contributed by atoms with Crippen molar-refractivity contribution in [2.75, 3.05) is 53.0 Å². The second-order valence-electron chi connectivity index (χ2n) is 7.83. The Bertz CT molecular complexity index is 873. The quantitative estimate of drug-likeness (QED) is 0.368. The Morgan fingerprint density at radius 3 is 2.58 bits per heavy atom. The molecule has 2 amide bonds. The molecule has 168 valence electrons. The van der Waals surface area contributed by atoms with Crippen molar-refractivity contribution in [2.45, 2.75) is 26.8 Å². The average molecular weight is 428 g/mol. The Hall–Kier alpha value is -2.89. The van der Waals surface area contributed by atoms with Crippen molar-refractivity contribution < 1.29 is 14.3 Å². The highest BCUT2D eigenvalue weighted by Gasteiger charge is 2.25. The summed E-state index contributed by atoms with van der Waals surface area (Å²) in [6.45, 7) is 13.1. The molecule has 8 heteroatoms. The van der Waals surface area contributed by atoms with Gasteiger partial charge in [-0.1, -0.05) is 6.08 Å². The highest BCUT2D eigenvalue weighted by atomic mass is 16.5. The summed E-state index contributed by atoms with van der Waals surface area (Å²) in [4.78, 5) is 28.5.